The van der Waals surface area contributed by atoms with Gasteiger partial charge in [0.15, 0.2) is 0 Å². The zero-order valence-corrected chi connectivity index (χ0v) is 7.48. The van der Waals surface area contributed by atoms with Crippen molar-refractivity contribution in [3.05, 3.63) is 24.5 Å². The van der Waals surface area contributed by atoms with Gasteiger partial charge in [0.2, 0.25) is 0 Å². The van der Waals surface area contributed by atoms with Crippen LogP contribution in [0.4, 0.5) is 0 Å². The lowest BCUT2D eigenvalue weighted by atomic mass is 10.4. The van der Waals surface area contributed by atoms with Crippen LogP contribution in [0.3, 0.4) is 0 Å². The number of ether oxygens (including phenoxy) is 1. The highest BCUT2D eigenvalue weighted by molar-refractivity contribution is 5.84. The molecule has 0 saturated heterocycles. The monoisotopic (exact) mass is 188 g/mol. The topological polar surface area (TPSA) is 83.8 Å². The molecule has 0 amide bonds. The van der Waals surface area contributed by atoms with Crippen LogP contribution in [-0.2, 0) is 14.3 Å². The van der Waals surface area contributed by atoms with Crippen LogP contribution in [0.1, 0.15) is 6.92 Å². The molecule has 0 bridgehead atoms. The molecule has 0 heterocycles. The molecule has 0 atom stereocenters. The molecule has 2 N–H and O–H groups in total. The second-order valence-electron chi connectivity index (χ2n) is 1.96. The molecule has 0 saturated carbocycles. The Morgan fingerprint density at radius 2 is 1.77 bits per heavy atom. The van der Waals surface area contributed by atoms with Crippen LogP contribution in [-0.4, -0.2) is 29.3 Å². The Kier molecular flexibility index (Phi) is 8.82. The van der Waals surface area contributed by atoms with Crippen molar-refractivity contribution in [1.29, 1.82) is 0 Å². The fourth-order valence-electron chi connectivity index (χ4n) is 0.126. The molecular weight excluding hydrogens is 176 g/mol. The van der Waals surface area contributed by atoms with Gasteiger partial charge in [-0.3, -0.25) is 0 Å². The molecule has 0 unspecified atom stereocenters. The van der Waals surface area contributed by atoms with Crippen LogP contribution in [0.2, 0.25) is 0 Å². The standard InChI is InChI=1S/C4H6O3.C4H6O2/c1-7-3-2-4(5)6;1-3(2)4(5)6/h2-3H,1H3,(H,5,6);1H2,2H3,(H,5,6). The van der Waals surface area contributed by atoms with E-state index in [0.717, 1.165) is 12.3 Å². The van der Waals surface area contributed by atoms with Gasteiger partial charge in [-0.1, -0.05) is 6.58 Å². The molecule has 0 spiro atoms. The third-order valence-electron chi connectivity index (χ3n) is 0.712. The van der Waals surface area contributed by atoms with Gasteiger partial charge in [-0.05, 0) is 6.92 Å². The zero-order chi connectivity index (χ0) is 10.9. The molecule has 5 heteroatoms. The van der Waals surface area contributed by atoms with Crippen LogP contribution in [0.5, 0.6) is 0 Å². The first kappa shape index (κ1) is 13.8. The van der Waals surface area contributed by atoms with Gasteiger partial charge in [0.25, 0.3) is 0 Å². The number of hydrogen-bond donors (Lipinski definition) is 2. The van der Waals surface area contributed by atoms with Gasteiger partial charge >= 0.3 is 11.9 Å². The van der Waals surface area contributed by atoms with E-state index in [1.807, 2.05) is 0 Å². The Hall–Kier alpha value is -1.78. The summed E-state index contributed by atoms with van der Waals surface area (Å²) in [5, 5.41) is 15.8. The summed E-state index contributed by atoms with van der Waals surface area (Å²) in [5.74, 6) is -1.93. The van der Waals surface area contributed by atoms with Gasteiger partial charge < -0.3 is 14.9 Å². The summed E-state index contributed by atoms with van der Waals surface area (Å²) >= 11 is 0. The average Bonchev–Trinajstić information content (AvgIpc) is 2.01. The lowest BCUT2D eigenvalue weighted by Crippen LogP contribution is -1.92. The Balaban J connectivity index is 0. The Labute approximate surface area is 75.9 Å². The van der Waals surface area contributed by atoms with Crippen LogP contribution < -0.4 is 0 Å². The van der Waals surface area contributed by atoms with E-state index in [9.17, 15) is 9.59 Å². The van der Waals surface area contributed by atoms with Crippen LogP contribution in [0, 0.1) is 0 Å². The van der Waals surface area contributed by atoms with Gasteiger partial charge in [-0.15, -0.1) is 0 Å². The summed E-state index contributed by atoms with van der Waals surface area (Å²) in [6.07, 6.45) is 2.02. The minimum Gasteiger partial charge on any atom is -0.504 e. The van der Waals surface area contributed by atoms with Gasteiger partial charge in [0.05, 0.1) is 19.4 Å². The second kappa shape index (κ2) is 8.32. The van der Waals surface area contributed by atoms with E-state index in [-0.39, 0.29) is 5.57 Å². The third kappa shape index (κ3) is 17.8. The first-order chi connectivity index (χ1) is 5.91. The molecule has 0 rings (SSSR count). The minimum atomic E-state index is -0.998. The molecule has 13 heavy (non-hydrogen) atoms. The largest absolute Gasteiger partial charge is 0.504 e. The summed E-state index contributed by atoms with van der Waals surface area (Å²) in [7, 11) is 1.39. The summed E-state index contributed by atoms with van der Waals surface area (Å²) in [4.78, 5) is 19.2. The molecule has 0 aliphatic rings. The summed E-state index contributed by atoms with van der Waals surface area (Å²) < 4.78 is 4.29. The van der Waals surface area contributed by atoms with Crippen molar-refractivity contribution in [1.82, 2.24) is 0 Å². The molecular formula is C8H12O5. The summed E-state index contributed by atoms with van der Waals surface area (Å²) in [6, 6.07) is 0. The second-order valence-corrected chi connectivity index (χ2v) is 1.96. The Morgan fingerprint density at radius 3 is 1.85 bits per heavy atom. The van der Waals surface area contributed by atoms with Crippen molar-refractivity contribution in [2.75, 3.05) is 7.11 Å². The van der Waals surface area contributed by atoms with E-state index in [0.29, 0.717) is 0 Å². The van der Waals surface area contributed by atoms with E-state index in [4.69, 9.17) is 10.2 Å². The van der Waals surface area contributed by atoms with E-state index in [1.54, 1.807) is 0 Å². The molecule has 0 aliphatic carbocycles. The van der Waals surface area contributed by atoms with Crippen LogP contribution >= 0.6 is 0 Å². The van der Waals surface area contributed by atoms with Crippen molar-refractivity contribution in [2.24, 2.45) is 0 Å². The zero-order valence-electron chi connectivity index (χ0n) is 7.48. The van der Waals surface area contributed by atoms with Crippen molar-refractivity contribution < 1.29 is 24.5 Å². The SMILES string of the molecule is C=C(C)C(=O)O.COC=CC(=O)O. The molecule has 0 radical (unpaired) electrons. The lowest BCUT2D eigenvalue weighted by molar-refractivity contribution is -0.133. The fraction of sp³-hybridized carbons (Fsp3) is 0.250. The van der Waals surface area contributed by atoms with Crippen LogP contribution in [0.25, 0.3) is 0 Å². The first-order valence-electron chi connectivity index (χ1n) is 3.22. The Bertz CT molecular complexity index is 205. The number of hydrogen-bond acceptors (Lipinski definition) is 3. The summed E-state index contributed by atoms with van der Waals surface area (Å²) in [5.41, 5.74) is 0.176. The maximum atomic E-state index is 9.60. The number of carboxylic acids is 2. The van der Waals surface area contributed by atoms with E-state index >= 15 is 0 Å². The van der Waals surface area contributed by atoms with Crippen molar-refractivity contribution in [2.45, 2.75) is 6.92 Å². The van der Waals surface area contributed by atoms with Crippen molar-refractivity contribution in [3.63, 3.8) is 0 Å². The molecule has 74 valence electrons. The van der Waals surface area contributed by atoms with Gasteiger partial charge in [0, 0.05) is 5.57 Å². The van der Waals surface area contributed by atoms with Gasteiger partial charge in [0.1, 0.15) is 0 Å². The minimum absolute atomic E-state index is 0.176. The van der Waals surface area contributed by atoms with Crippen molar-refractivity contribution >= 4 is 11.9 Å². The van der Waals surface area contributed by atoms with E-state index < -0.39 is 11.9 Å². The van der Waals surface area contributed by atoms with Gasteiger partial charge in [-0.2, -0.15) is 0 Å². The van der Waals surface area contributed by atoms with Crippen LogP contribution in [0.15, 0.2) is 24.5 Å². The van der Waals surface area contributed by atoms with E-state index in [1.165, 1.54) is 14.0 Å². The predicted molar refractivity (Wildman–Crippen MR) is 46.2 cm³/mol. The molecule has 5 nitrogen and oxygen atoms in total. The number of carboxylic acid groups (broad SMARTS) is 2. The molecule has 0 fully saturated rings. The first-order valence-corrected chi connectivity index (χ1v) is 3.22. The fourth-order valence-corrected chi connectivity index (χ4v) is 0.126. The highest BCUT2D eigenvalue weighted by atomic mass is 16.5. The molecule has 0 aromatic rings. The number of methoxy groups -OCH3 is 1. The summed E-state index contributed by atoms with van der Waals surface area (Å²) in [6.45, 7) is 4.60. The highest BCUT2D eigenvalue weighted by Gasteiger charge is 1.90. The quantitative estimate of drug-likeness (QED) is 0.507. The molecule has 0 aromatic heterocycles. The average molecular weight is 188 g/mol. The predicted octanol–water partition coefficient (Wildman–Crippen LogP) is 0.878. The molecule has 0 aromatic carbocycles. The maximum absolute atomic E-state index is 9.60. The smallest absolute Gasteiger partial charge is 0.331 e. The Morgan fingerprint density at radius 1 is 1.38 bits per heavy atom. The number of rotatable bonds is 3. The normalized spacial score (nSPS) is 8.46. The maximum Gasteiger partial charge on any atom is 0.331 e. The van der Waals surface area contributed by atoms with Crippen molar-refractivity contribution in [3.8, 4) is 0 Å². The highest BCUT2D eigenvalue weighted by Crippen LogP contribution is 1.81. The number of aliphatic carboxylic acids is 2. The third-order valence-corrected chi connectivity index (χ3v) is 0.712. The molecule has 0 aliphatic heterocycles. The lowest BCUT2D eigenvalue weighted by Gasteiger charge is -1.79. The number of carbonyl (C=O) groups is 2. The van der Waals surface area contributed by atoms with E-state index in [2.05, 4.69) is 11.3 Å². The van der Waals surface area contributed by atoms with Gasteiger partial charge in [-0.25, -0.2) is 9.59 Å².